The largest absolute Gasteiger partial charge is 0.436 e. The zero-order valence-corrected chi connectivity index (χ0v) is 7.65. The van der Waals surface area contributed by atoms with Gasteiger partial charge in [-0.05, 0) is 0 Å². The lowest BCUT2D eigenvalue weighted by Gasteiger charge is -1.92. The van der Waals surface area contributed by atoms with Gasteiger partial charge in [0.1, 0.15) is 4.92 Å². The van der Waals surface area contributed by atoms with Crippen LogP contribution in [0.5, 0.6) is 5.95 Å². The van der Waals surface area contributed by atoms with Crippen LogP contribution in [-0.2, 0) is 4.79 Å². The molecule has 0 amide bonds. The first-order valence-corrected chi connectivity index (χ1v) is 3.22. The zero-order chi connectivity index (χ0) is 9.84. The smallest absolute Gasteiger partial charge is 0.389 e. The Balaban J connectivity index is 0.00000169. The number of furan rings is 1. The normalized spacial score (nSPS) is 8.57. The molecular formula is C7H6ClNO5. The first-order valence-electron chi connectivity index (χ1n) is 3.22. The van der Waals surface area contributed by atoms with E-state index in [0.717, 1.165) is 12.1 Å². The van der Waals surface area contributed by atoms with Crippen molar-refractivity contribution in [3.05, 3.63) is 34.9 Å². The maximum absolute atomic E-state index is 10.6. The van der Waals surface area contributed by atoms with Crippen molar-refractivity contribution in [2.75, 3.05) is 0 Å². The molecule has 0 saturated carbocycles. The van der Waals surface area contributed by atoms with E-state index in [9.17, 15) is 14.9 Å². The van der Waals surface area contributed by atoms with Gasteiger partial charge in [-0.15, -0.1) is 12.4 Å². The van der Waals surface area contributed by atoms with Crippen molar-refractivity contribution < 1.29 is 18.9 Å². The van der Waals surface area contributed by atoms with E-state index in [4.69, 9.17) is 0 Å². The number of nitro groups is 1. The third-order valence-electron chi connectivity index (χ3n) is 1.11. The molecule has 0 saturated heterocycles. The van der Waals surface area contributed by atoms with Gasteiger partial charge in [0.2, 0.25) is 0 Å². The number of carbonyl (C=O) groups is 1. The standard InChI is InChI=1S/C7H5NO5.ClH/c1-2-6(9)13-7-4-3-5(12-7)8(10)11;/h2-4H,1H2;1H. The highest BCUT2D eigenvalue weighted by Gasteiger charge is 2.13. The molecule has 0 bridgehead atoms. The van der Waals surface area contributed by atoms with Gasteiger partial charge in [0.25, 0.3) is 5.95 Å². The van der Waals surface area contributed by atoms with Crippen molar-refractivity contribution in [3.63, 3.8) is 0 Å². The first kappa shape index (κ1) is 12.2. The summed E-state index contributed by atoms with van der Waals surface area (Å²) in [6.45, 7) is 3.15. The summed E-state index contributed by atoms with van der Waals surface area (Å²) in [4.78, 5) is 20.0. The number of carbonyl (C=O) groups excluding carboxylic acids is 1. The number of rotatable bonds is 3. The van der Waals surface area contributed by atoms with Crippen LogP contribution < -0.4 is 4.74 Å². The Morgan fingerprint density at radius 2 is 2.29 bits per heavy atom. The molecule has 0 unspecified atom stereocenters. The molecule has 0 aromatic carbocycles. The van der Waals surface area contributed by atoms with E-state index in [1.165, 1.54) is 6.07 Å². The first-order chi connectivity index (χ1) is 6.13. The summed E-state index contributed by atoms with van der Waals surface area (Å²) < 4.78 is 8.99. The van der Waals surface area contributed by atoms with E-state index >= 15 is 0 Å². The van der Waals surface area contributed by atoms with Crippen LogP contribution in [0.1, 0.15) is 0 Å². The molecule has 0 aliphatic carbocycles. The van der Waals surface area contributed by atoms with Gasteiger partial charge < -0.3 is 9.15 Å². The zero-order valence-electron chi connectivity index (χ0n) is 6.84. The molecule has 0 aliphatic heterocycles. The van der Waals surface area contributed by atoms with Gasteiger partial charge in [0.05, 0.1) is 6.07 Å². The maximum Gasteiger partial charge on any atom is 0.436 e. The quantitative estimate of drug-likeness (QED) is 0.334. The van der Waals surface area contributed by atoms with Gasteiger partial charge >= 0.3 is 11.9 Å². The summed E-state index contributed by atoms with van der Waals surface area (Å²) in [5.41, 5.74) is 0. The van der Waals surface area contributed by atoms with E-state index in [2.05, 4.69) is 15.7 Å². The van der Waals surface area contributed by atoms with Crippen LogP contribution in [0, 0.1) is 10.1 Å². The third-order valence-corrected chi connectivity index (χ3v) is 1.11. The van der Waals surface area contributed by atoms with Crippen LogP contribution in [0.3, 0.4) is 0 Å². The molecule has 6 nitrogen and oxygen atoms in total. The van der Waals surface area contributed by atoms with Crippen molar-refractivity contribution in [3.8, 4) is 5.95 Å². The van der Waals surface area contributed by atoms with Crippen LogP contribution in [0.25, 0.3) is 0 Å². The highest BCUT2D eigenvalue weighted by Crippen LogP contribution is 2.21. The monoisotopic (exact) mass is 219 g/mol. The number of hydrogen-bond donors (Lipinski definition) is 0. The lowest BCUT2D eigenvalue weighted by Crippen LogP contribution is -2.01. The summed E-state index contributed by atoms with van der Waals surface area (Å²) in [7, 11) is 0. The summed E-state index contributed by atoms with van der Waals surface area (Å²) in [6, 6.07) is 2.27. The van der Waals surface area contributed by atoms with Gasteiger partial charge in [-0.25, -0.2) is 4.79 Å². The van der Waals surface area contributed by atoms with Crippen molar-refractivity contribution in [1.29, 1.82) is 0 Å². The van der Waals surface area contributed by atoms with Gasteiger partial charge in [0.15, 0.2) is 0 Å². The third kappa shape index (κ3) is 2.91. The molecular weight excluding hydrogens is 214 g/mol. The molecule has 1 rings (SSSR count). The van der Waals surface area contributed by atoms with Crippen molar-refractivity contribution in [2.45, 2.75) is 0 Å². The van der Waals surface area contributed by atoms with Crippen LogP contribution in [0.4, 0.5) is 5.88 Å². The second kappa shape index (κ2) is 5.03. The van der Waals surface area contributed by atoms with E-state index in [0.29, 0.717) is 0 Å². The highest BCUT2D eigenvalue weighted by atomic mass is 35.5. The minimum atomic E-state index is -0.732. The summed E-state index contributed by atoms with van der Waals surface area (Å²) in [5, 5.41) is 10.1. The Morgan fingerprint density at radius 3 is 2.71 bits per heavy atom. The Kier molecular flexibility index (Phi) is 4.37. The van der Waals surface area contributed by atoms with E-state index in [-0.39, 0.29) is 18.4 Å². The van der Waals surface area contributed by atoms with Crippen LogP contribution in [0.2, 0.25) is 0 Å². The van der Waals surface area contributed by atoms with Crippen molar-refractivity contribution >= 4 is 24.3 Å². The summed E-state index contributed by atoms with van der Waals surface area (Å²) in [5.74, 6) is -1.44. The molecule has 1 heterocycles. The minimum Gasteiger partial charge on any atom is -0.389 e. The number of halogens is 1. The molecule has 0 atom stereocenters. The van der Waals surface area contributed by atoms with Crippen LogP contribution in [-0.4, -0.2) is 10.9 Å². The van der Waals surface area contributed by atoms with Gasteiger partial charge in [-0.1, -0.05) is 6.58 Å². The predicted molar refractivity (Wildman–Crippen MR) is 48.4 cm³/mol. The van der Waals surface area contributed by atoms with Crippen molar-refractivity contribution in [2.24, 2.45) is 0 Å². The average Bonchev–Trinajstić information content (AvgIpc) is 2.52. The van der Waals surface area contributed by atoms with Gasteiger partial charge in [-0.2, -0.15) is 0 Å². The fraction of sp³-hybridized carbons (Fsp3) is 0. The summed E-state index contributed by atoms with van der Waals surface area (Å²) >= 11 is 0. The average molecular weight is 220 g/mol. The Morgan fingerprint density at radius 1 is 1.64 bits per heavy atom. The molecule has 0 spiro atoms. The molecule has 76 valence electrons. The second-order valence-corrected chi connectivity index (χ2v) is 1.98. The van der Waals surface area contributed by atoms with Crippen molar-refractivity contribution in [1.82, 2.24) is 0 Å². The van der Waals surface area contributed by atoms with E-state index in [1.807, 2.05) is 0 Å². The Labute approximate surface area is 84.7 Å². The van der Waals surface area contributed by atoms with E-state index < -0.39 is 16.8 Å². The molecule has 0 N–H and O–H groups in total. The molecule has 14 heavy (non-hydrogen) atoms. The molecule has 0 aliphatic rings. The fourth-order valence-electron chi connectivity index (χ4n) is 0.604. The van der Waals surface area contributed by atoms with Crippen LogP contribution >= 0.6 is 12.4 Å². The molecule has 0 fully saturated rings. The number of ether oxygens (including phenoxy) is 1. The predicted octanol–water partition coefficient (Wildman–Crippen LogP) is 1.70. The summed E-state index contributed by atoms with van der Waals surface area (Å²) in [6.07, 6.45) is 0.925. The lowest BCUT2D eigenvalue weighted by atomic mass is 10.6. The molecule has 0 radical (unpaired) electrons. The number of esters is 1. The van der Waals surface area contributed by atoms with E-state index in [1.54, 1.807) is 0 Å². The topological polar surface area (TPSA) is 82.6 Å². The lowest BCUT2D eigenvalue weighted by molar-refractivity contribution is -0.402. The molecule has 1 aromatic rings. The van der Waals surface area contributed by atoms with Gasteiger partial charge in [-0.3, -0.25) is 10.1 Å². The van der Waals surface area contributed by atoms with Gasteiger partial charge in [0, 0.05) is 12.1 Å². The number of hydrogen-bond acceptors (Lipinski definition) is 5. The molecule has 7 heteroatoms. The minimum absolute atomic E-state index is 0. The molecule has 1 aromatic heterocycles. The van der Waals surface area contributed by atoms with Crippen LogP contribution in [0.15, 0.2) is 29.2 Å². The Bertz CT molecular complexity index is 359. The second-order valence-electron chi connectivity index (χ2n) is 1.98. The SMILES string of the molecule is C=CC(=O)Oc1ccc([N+](=O)[O-])o1.Cl. The Hall–Kier alpha value is -1.82. The fourth-order valence-corrected chi connectivity index (χ4v) is 0.604. The maximum atomic E-state index is 10.6. The number of nitrogens with zero attached hydrogens (tertiary/aromatic N) is 1. The highest BCUT2D eigenvalue weighted by molar-refractivity contribution is 5.85.